The summed E-state index contributed by atoms with van der Waals surface area (Å²) in [6.07, 6.45) is 1.75. The molecule has 5 heteroatoms. The largest absolute Gasteiger partial charge is 0.347 e. The van der Waals surface area contributed by atoms with Crippen LogP contribution in [0.15, 0.2) is 71.7 Å². The van der Waals surface area contributed by atoms with Crippen molar-refractivity contribution in [3.8, 4) is 11.3 Å². The first-order valence-electron chi connectivity index (χ1n) is 7.36. The normalized spacial score (nSPS) is 11.0. The van der Waals surface area contributed by atoms with Crippen LogP contribution in [0.4, 0.5) is 0 Å². The lowest BCUT2D eigenvalue weighted by molar-refractivity contribution is 0.702. The Morgan fingerprint density at radius 2 is 1.65 bits per heavy atom. The van der Waals surface area contributed by atoms with Crippen molar-refractivity contribution in [2.24, 2.45) is 0 Å². The van der Waals surface area contributed by atoms with Gasteiger partial charge in [-0.3, -0.25) is 0 Å². The molecule has 0 radical (unpaired) electrons. The van der Waals surface area contributed by atoms with Gasteiger partial charge in [-0.2, -0.15) is 10.1 Å². The van der Waals surface area contributed by atoms with Gasteiger partial charge < -0.3 is 4.98 Å². The van der Waals surface area contributed by atoms with Crippen LogP contribution in [0, 0.1) is 0 Å². The quantitative estimate of drug-likeness (QED) is 0.633. The van der Waals surface area contributed by atoms with Crippen LogP contribution >= 0.6 is 0 Å². The van der Waals surface area contributed by atoms with Crippen molar-refractivity contribution >= 4 is 11.0 Å². The van der Waals surface area contributed by atoms with E-state index < -0.39 is 0 Å². The van der Waals surface area contributed by atoms with E-state index in [0.717, 1.165) is 22.2 Å². The maximum atomic E-state index is 12.0. The third-order valence-corrected chi connectivity index (χ3v) is 3.76. The summed E-state index contributed by atoms with van der Waals surface area (Å²) in [6, 6.07) is 19.7. The highest BCUT2D eigenvalue weighted by molar-refractivity contribution is 5.89. The lowest BCUT2D eigenvalue weighted by Gasteiger charge is -2.05. The highest BCUT2D eigenvalue weighted by Crippen LogP contribution is 2.24. The predicted molar refractivity (Wildman–Crippen MR) is 89.1 cm³/mol. The van der Waals surface area contributed by atoms with Gasteiger partial charge in [-0.15, -0.1) is 0 Å². The number of aromatic amines is 1. The molecule has 0 saturated carbocycles. The number of nitrogens with zero attached hydrogens (tertiary/aromatic N) is 3. The number of hydrogen-bond acceptors (Lipinski definition) is 3. The number of fused-ring (bicyclic) bond motifs is 1. The summed E-state index contributed by atoms with van der Waals surface area (Å²) in [6.45, 7) is 0.578. The average Bonchev–Trinajstić information content (AvgIpc) is 2.99. The van der Waals surface area contributed by atoms with Gasteiger partial charge in [-0.05, 0) is 11.1 Å². The molecule has 0 saturated heterocycles. The van der Waals surface area contributed by atoms with E-state index in [9.17, 15) is 4.79 Å². The van der Waals surface area contributed by atoms with E-state index in [2.05, 4.69) is 15.1 Å². The number of benzene rings is 2. The number of aromatic nitrogens is 4. The molecule has 0 bridgehead atoms. The van der Waals surface area contributed by atoms with Crippen LogP contribution in [0.25, 0.3) is 22.3 Å². The minimum Gasteiger partial charge on any atom is -0.305 e. The third kappa shape index (κ3) is 2.53. The summed E-state index contributed by atoms with van der Waals surface area (Å²) in [5.74, 6) is 0. The van der Waals surface area contributed by atoms with Crippen LogP contribution in [0.1, 0.15) is 5.56 Å². The van der Waals surface area contributed by atoms with E-state index in [-0.39, 0.29) is 5.69 Å². The van der Waals surface area contributed by atoms with E-state index in [1.165, 1.54) is 0 Å². The minimum absolute atomic E-state index is 0.369. The van der Waals surface area contributed by atoms with Gasteiger partial charge >= 0.3 is 5.69 Å². The Labute approximate surface area is 132 Å². The highest BCUT2D eigenvalue weighted by Gasteiger charge is 2.12. The molecule has 0 atom stereocenters. The lowest BCUT2D eigenvalue weighted by atomic mass is 10.1. The van der Waals surface area contributed by atoms with Crippen molar-refractivity contribution in [2.45, 2.75) is 6.54 Å². The average molecular weight is 302 g/mol. The molecule has 23 heavy (non-hydrogen) atoms. The number of H-pyrrole nitrogens is 1. The van der Waals surface area contributed by atoms with E-state index in [1.54, 1.807) is 10.9 Å². The van der Waals surface area contributed by atoms with Crippen LogP contribution < -0.4 is 5.69 Å². The van der Waals surface area contributed by atoms with E-state index in [4.69, 9.17) is 0 Å². The lowest BCUT2D eigenvalue weighted by Crippen LogP contribution is -2.13. The molecule has 0 spiro atoms. The first kappa shape index (κ1) is 13.5. The van der Waals surface area contributed by atoms with E-state index in [1.807, 2.05) is 60.7 Å². The fourth-order valence-corrected chi connectivity index (χ4v) is 2.68. The van der Waals surface area contributed by atoms with Gasteiger partial charge in [-0.1, -0.05) is 60.7 Å². The molecule has 0 unspecified atom stereocenters. The van der Waals surface area contributed by atoms with Crippen LogP contribution in [-0.2, 0) is 6.54 Å². The van der Waals surface area contributed by atoms with Gasteiger partial charge in [0.25, 0.3) is 0 Å². The van der Waals surface area contributed by atoms with Crippen molar-refractivity contribution in [1.82, 2.24) is 19.7 Å². The molecule has 0 aliphatic heterocycles. The molecule has 4 aromatic rings. The van der Waals surface area contributed by atoms with Crippen LogP contribution in [-0.4, -0.2) is 19.7 Å². The molecular formula is C18H14N4O. The van der Waals surface area contributed by atoms with Gasteiger partial charge in [0, 0.05) is 0 Å². The molecule has 2 aromatic heterocycles. The highest BCUT2D eigenvalue weighted by atomic mass is 16.1. The Morgan fingerprint density at radius 1 is 0.957 bits per heavy atom. The first-order chi connectivity index (χ1) is 11.3. The smallest absolute Gasteiger partial charge is 0.305 e. The van der Waals surface area contributed by atoms with Gasteiger partial charge in [0.2, 0.25) is 0 Å². The molecular weight excluding hydrogens is 288 g/mol. The molecule has 5 nitrogen and oxygen atoms in total. The first-order valence-corrected chi connectivity index (χ1v) is 7.36. The molecule has 0 amide bonds. The topological polar surface area (TPSA) is 63.6 Å². The zero-order valence-electron chi connectivity index (χ0n) is 12.3. The summed E-state index contributed by atoms with van der Waals surface area (Å²) < 4.78 is 1.76. The van der Waals surface area contributed by atoms with Gasteiger partial charge in [-0.25, -0.2) is 9.48 Å². The fraction of sp³-hybridized carbons (Fsp3) is 0.0556. The standard InChI is InChI=1S/C18H14N4O/c23-18-20-16(14-9-5-2-6-10-14)15-11-19-22(17(15)21-18)12-13-7-3-1-4-8-13/h1-11H,12H2,(H,20,21,23). The van der Waals surface area contributed by atoms with E-state index >= 15 is 0 Å². The van der Waals surface area contributed by atoms with Crippen molar-refractivity contribution in [2.75, 3.05) is 0 Å². The third-order valence-electron chi connectivity index (χ3n) is 3.76. The molecule has 0 aliphatic carbocycles. The maximum Gasteiger partial charge on any atom is 0.347 e. The van der Waals surface area contributed by atoms with Crippen molar-refractivity contribution in [3.63, 3.8) is 0 Å². The van der Waals surface area contributed by atoms with Crippen molar-refractivity contribution in [3.05, 3.63) is 82.9 Å². The van der Waals surface area contributed by atoms with E-state index in [0.29, 0.717) is 12.2 Å². The Kier molecular flexibility index (Phi) is 3.24. The summed E-state index contributed by atoms with van der Waals surface area (Å²) in [5, 5.41) is 5.25. The number of rotatable bonds is 3. The molecule has 4 rings (SSSR count). The van der Waals surface area contributed by atoms with Gasteiger partial charge in [0.15, 0.2) is 5.65 Å². The van der Waals surface area contributed by atoms with Crippen molar-refractivity contribution in [1.29, 1.82) is 0 Å². The van der Waals surface area contributed by atoms with Crippen LogP contribution in [0.3, 0.4) is 0 Å². The maximum absolute atomic E-state index is 12.0. The fourth-order valence-electron chi connectivity index (χ4n) is 2.68. The Morgan fingerprint density at radius 3 is 2.39 bits per heavy atom. The van der Waals surface area contributed by atoms with Crippen molar-refractivity contribution < 1.29 is 0 Å². The second-order valence-electron chi connectivity index (χ2n) is 5.31. The molecule has 2 aromatic carbocycles. The molecule has 0 aliphatic rings. The Hall–Kier alpha value is -3.21. The SMILES string of the molecule is O=c1nc2c(cnn2Cc2ccccc2)c(-c2ccccc2)[nH]1. The second kappa shape index (κ2) is 5.53. The zero-order valence-corrected chi connectivity index (χ0v) is 12.3. The number of nitrogens with one attached hydrogen (secondary N) is 1. The Balaban J connectivity index is 1.87. The van der Waals surface area contributed by atoms with Crippen LogP contribution in [0.2, 0.25) is 0 Å². The summed E-state index contributed by atoms with van der Waals surface area (Å²) >= 11 is 0. The zero-order chi connectivity index (χ0) is 15.6. The predicted octanol–water partition coefficient (Wildman–Crippen LogP) is 2.83. The summed E-state index contributed by atoms with van der Waals surface area (Å²) in [7, 11) is 0. The van der Waals surface area contributed by atoms with Gasteiger partial charge in [0.05, 0.1) is 23.8 Å². The van der Waals surface area contributed by atoms with Gasteiger partial charge in [0.1, 0.15) is 0 Å². The molecule has 1 N–H and O–H groups in total. The number of hydrogen-bond donors (Lipinski definition) is 1. The monoisotopic (exact) mass is 302 g/mol. The minimum atomic E-state index is -0.369. The summed E-state index contributed by atoms with van der Waals surface area (Å²) in [4.78, 5) is 18.9. The Bertz CT molecular complexity index is 1000. The summed E-state index contributed by atoms with van der Waals surface area (Å²) in [5.41, 5.74) is 3.03. The second-order valence-corrected chi connectivity index (χ2v) is 5.31. The molecule has 2 heterocycles. The van der Waals surface area contributed by atoms with Crippen LogP contribution in [0.5, 0.6) is 0 Å². The molecule has 0 fully saturated rings. The molecule has 112 valence electrons.